The Balaban J connectivity index is 1.71. The molecule has 2 aliphatic carbocycles. The molecule has 2 fully saturated rings. The van der Waals surface area contributed by atoms with Crippen molar-refractivity contribution in [2.75, 3.05) is 7.11 Å². The molecule has 4 atom stereocenters. The summed E-state index contributed by atoms with van der Waals surface area (Å²) in [6.45, 7) is 2.29. The molecular formula is C23H25F3O2. The van der Waals surface area contributed by atoms with E-state index in [1.165, 1.54) is 25.0 Å². The highest BCUT2D eigenvalue weighted by atomic mass is 19.2. The lowest BCUT2D eigenvalue weighted by atomic mass is 9.64. The average molecular weight is 390 g/mol. The van der Waals surface area contributed by atoms with Crippen molar-refractivity contribution in [3.63, 3.8) is 0 Å². The first-order valence-electron chi connectivity index (χ1n) is 10.1. The van der Waals surface area contributed by atoms with Crippen LogP contribution in [-0.2, 0) is 4.74 Å². The normalized spacial score (nSPS) is 27.5. The summed E-state index contributed by atoms with van der Waals surface area (Å²) < 4.78 is 49.0. The Morgan fingerprint density at radius 2 is 1.68 bits per heavy atom. The van der Waals surface area contributed by atoms with E-state index < -0.39 is 34.4 Å². The van der Waals surface area contributed by atoms with Crippen LogP contribution in [0.3, 0.4) is 0 Å². The van der Waals surface area contributed by atoms with Crippen molar-refractivity contribution < 1.29 is 22.7 Å². The highest BCUT2D eigenvalue weighted by Gasteiger charge is 2.36. The lowest BCUT2D eigenvalue weighted by Gasteiger charge is -2.41. The van der Waals surface area contributed by atoms with Gasteiger partial charge in [0.1, 0.15) is 5.82 Å². The van der Waals surface area contributed by atoms with Crippen LogP contribution in [0.1, 0.15) is 67.3 Å². The summed E-state index contributed by atoms with van der Waals surface area (Å²) in [5.74, 6) is -2.22. The summed E-state index contributed by atoms with van der Waals surface area (Å²) in [7, 11) is 1.12. The molecule has 4 unspecified atom stereocenters. The van der Waals surface area contributed by atoms with Gasteiger partial charge in [-0.05, 0) is 78.9 Å². The van der Waals surface area contributed by atoms with Crippen molar-refractivity contribution in [3.05, 3.63) is 46.8 Å². The van der Waals surface area contributed by atoms with Gasteiger partial charge < -0.3 is 4.74 Å². The molecule has 0 radical (unpaired) electrons. The van der Waals surface area contributed by atoms with E-state index in [1.807, 2.05) is 0 Å². The monoisotopic (exact) mass is 390 g/mol. The van der Waals surface area contributed by atoms with Gasteiger partial charge >= 0.3 is 5.97 Å². The number of carbonyl (C=O) groups is 1. The highest BCUT2D eigenvalue weighted by Crippen LogP contribution is 2.48. The summed E-state index contributed by atoms with van der Waals surface area (Å²) in [5.41, 5.74) is -0.0508. The minimum Gasteiger partial charge on any atom is -0.465 e. The van der Waals surface area contributed by atoms with Crippen LogP contribution >= 0.6 is 0 Å². The van der Waals surface area contributed by atoms with Gasteiger partial charge in [0.25, 0.3) is 0 Å². The molecule has 2 saturated carbocycles. The van der Waals surface area contributed by atoms with Crippen LogP contribution in [0.15, 0.2) is 18.2 Å². The standard InChI is InChI=1S/C23H25F3O2/c1-12-3-4-14-10-15(6-5-13(14)9-12)18-11-16-7-8-17(23(27)28-2)20(24)19(16)22(26)21(18)25/h7-8,11-15H,3-6,9-10H2,1-2H3. The number of hydrogen-bond donors (Lipinski definition) is 0. The molecule has 2 aromatic carbocycles. The zero-order valence-electron chi connectivity index (χ0n) is 16.2. The number of benzene rings is 2. The van der Waals surface area contributed by atoms with Gasteiger partial charge in [-0.15, -0.1) is 0 Å². The number of ether oxygens (including phenoxy) is 1. The predicted molar refractivity (Wildman–Crippen MR) is 102 cm³/mol. The van der Waals surface area contributed by atoms with Crippen molar-refractivity contribution >= 4 is 16.7 Å². The minimum atomic E-state index is -1.21. The second-order valence-corrected chi connectivity index (χ2v) is 8.56. The smallest absolute Gasteiger partial charge is 0.340 e. The molecular weight excluding hydrogens is 365 g/mol. The molecule has 0 bridgehead atoms. The molecule has 0 spiro atoms. The molecule has 4 rings (SSSR count). The summed E-state index contributed by atoms with van der Waals surface area (Å²) >= 11 is 0. The third-order valence-corrected chi connectivity index (χ3v) is 6.87. The lowest BCUT2D eigenvalue weighted by Crippen LogP contribution is -2.30. The van der Waals surface area contributed by atoms with Crippen molar-refractivity contribution in [2.45, 2.75) is 51.4 Å². The quantitative estimate of drug-likeness (QED) is 0.558. The minimum absolute atomic E-state index is 0.0445. The van der Waals surface area contributed by atoms with Crippen LogP contribution < -0.4 is 0 Å². The Hall–Kier alpha value is -2.04. The van der Waals surface area contributed by atoms with E-state index in [0.717, 1.165) is 38.7 Å². The second-order valence-electron chi connectivity index (χ2n) is 8.56. The molecule has 0 aromatic heterocycles. The number of hydrogen-bond acceptors (Lipinski definition) is 2. The third kappa shape index (κ3) is 3.19. The van der Waals surface area contributed by atoms with Crippen LogP contribution in [0.2, 0.25) is 0 Å². The maximum Gasteiger partial charge on any atom is 0.340 e. The van der Waals surface area contributed by atoms with Gasteiger partial charge in [-0.3, -0.25) is 0 Å². The van der Waals surface area contributed by atoms with Crippen molar-refractivity contribution in [2.24, 2.45) is 17.8 Å². The van der Waals surface area contributed by atoms with Crippen LogP contribution in [0, 0.1) is 35.2 Å². The summed E-state index contributed by atoms with van der Waals surface area (Å²) in [5, 5.41) is -0.206. The van der Waals surface area contributed by atoms with E-state index in [-0.39, 0.29) is 11.3 Å². The van der Waals surface area contributed by atoms with Gasteiger partial charge in [0, 0.05) is 0 Å². The maximum absolute atomic E-state index is 14.9. The Morgan fingerprint density at radius 1 is 0.964 bits per heavy atom. The van der Waals surface area contributed by atoms with Gasteiger partial charge in [0.2, 0.25) is 0 Å². The fraction of sp³-hybridized carbons (Fsp3) is 0.522. The SMILES string of the molecule is COC(=O)c1ccc2cc(C3CCC4CC(C)CCC4C3)c(F)c(F)c2c1F. The average Bonchev–Trinajstić information content (AvgIpc) is 2.69. The van der Waals surface area contributed by atoms with Gasteiger partial charge in [-0.25, -0.2) is 18.0 Å². The van der Waals surface area contributed by atoms with E-state index in [9.17, 15) is 18.0 Å². The first-order valence-corrected chi connectivity index (χ1v) is 10.1. The van der Waals surface area contributed by atoms with Gasteiger partial charge in [-0.1, -0.05) is 19.4 Å². The first-order chi connectivity index (χ1) is 13.4. The number of fused-ring (bicyclic) bond motifs is 2. The molecule has 0 N–H and O–H groups in total. The third-order valence-electron chi connectivity index (χ3n) is 6.87. The maximum atomic E-state index is 14.9. The van der Waals surface area contributed by atoms with Gasteiger partial charge in [-0.2, -0.15) is 0 Å². The van der Waals surface area contributed by atoms with Crippen molar-refractivity contribution in [1.82, 2.24) is 0 Å². The zero-order valence-corrected chi connectivity index (χ0v) is 16.2. The van der Waals surface area contributed by atoms with Crippen LogP contribution in [0.25, 0.3) is 10.8 Å². The Bertz CT molecular complexity index is 924. The highest BCUT2D eigenvalue weighted by molar-refractivity contribution is 5.96. The van der Waals surface area contributed by atoms with Crippen LogP contribution in [0.4, 0.5) is 13.2 Å². The second kappa shape index (κ2) is 7.41. The molecule has 0 aliphatic heterocycles. The number of methoxy groups -OCH3 is 1. The summed E-state index contributed by atoms with van der Waals surface area (Å²) in [4.78, 5) is 11.7. The van der Waals surface area contributed by atoms with Gasteiger partial charge in [0.15, 0.2) is 11.6 Å². The Labute approximate surface area is 163 Å². The van der Waals surface area contributed by atoms with E-state index in [4.69, 9.17) is 0 Å². The van der Waals surface area contributed by atoms with E-state index in [2.05, 4.69) is 11.7 Å². The largest absolute Gasteiger partial charge is 0.465 e. The number of halogens is 3. The molecule has 2 aliphatic rings. The molecule has 0 heterocycles. The fourth-order valence-corrected chi connectivity index (χ4v) is 5.37. The van der Waals surface area contributed by atoms with Crippen LogP contribution in [0.5, 0.6) is 0 Å². The van der Waals surface area contributed by atoms with Gasteiger partial charge in [0.05, 0.1) is 18.1 Å². The predicted octanol–water partition coefficient (Wildman–Crippen LogP) is 6.36. The van der Waals surface area contributed by atoms with Crippen molar-refractivity contribution in [1.29, 1.82) is 0 Å². The Kier molecular flexibility index (Phi) is 5.11. The fourth-order valence-electron chi connectivity index (χ4n) is 5.37. The lowest BCUT2D eigenvalue weighted by molar-refractivity contribution is 0.0596. The summed E-state index contributed by atoms with van der Waals surface area (Å²) in [6.07, 6.45) is 6.31. The number of esters is 1. The number of carbonyl (C=O) groups excluding carboxylic acids is 1. The first kappa shape index (κ1) is 19.3. The molecule has 28 heavy (non-hydrogen) atoms. The van der Waals surface area contributed by atoms with E-state index in [0.29, 0.717) is 17.4 Å². The zero-order chi connectivity index (χ0) is 20.0. The molecule has 2 nitrogen and oxygen atoms in total. The van der Waals surface area contributed by atoms with Crippen molar-refractivity contribution in [3.8, 4) is 0 Å². The number of rotatable bonds is 2. The molecule has 0 amide bonds. The molecule has 5 heteroatoms. The van der Waals surface area contributed by atoms with Crippen LogP contribution in [-0.4, -0.2) is 13.1 Å². The van der Waals surface area contributed by atoms with E-state index >= 15 is 0 Å². The molecule has 0 saturated heterocycles. The summed E-state index contributed by atoms with van der Waals surface area (Å²) in [6, 6.07) is 4.29. The topological polar surface area (TPSA) is 26.3 Å². The Morgan fingerprint density at radius 3 is 2.43 bits per heavy atom. The molecule has 150 valence electrons. The molecule has 2 aromatic rings. The van der Waals surface area contributed by atoms with E-state index in [1.54, 1.807) is 6.07 Å².